The highest BCUT2D eigenvalue weighted by Gasteiger charge is 2.72. The van der Waals surface area contributed by atoms with Crippen molar-refractivity contribution in [3.05, 3.63) is 0 Å². The van der Waals surface area contributed by atoms with E-state index in [4.69, 9.17) is 23.7 Å². The Morgan fingerprint density at radius 2 is 1.38 bits per heavy atom. The van der Waals surface area contributed by atoms with E-state index in [0.717, 1.165) is 32.1 Å². The molecule has 4 aliphatic carbocycles. The fraction of sp³-hybridized carbons (Fsp3) is 1.00. The van der Waals surface area contributed by atoms with Crippen LogP contribution >= 0.6 is 0 Å². The summed E-state index contributed by atoms with van der Waals surface area (Å²) in [5.41, 5.74) is -2.61. The summed E-state index contributed by atoms with van der Waals surface area (Å²) in [4.78, 5) is 0. The molecule has 21 atom stereocenters. The Morgan fingerprint density at radius 1 is 0.709 bits per heavy atom. The van der Waals surface area contributed by atoms with Crippen molar-refractivity contribution in [1.29, 1.82) is 0 Å². The van der Waals surface area contributed by atoms with E-state index in [-0.39, 0.29) is 58.0 Å². The maximum Gasteiger partial charge on any atom is 0.187 e. The smallest absolute Gasteiger partial charge is 0.187 e. The summed E-state index contributed by atoms with van der Waals surface area (Å²) in [5.74, 6) is 0.473. The number of hydrogen-bond donors (Lipinski definition) is 9. The predicted molar refractivity (Wildman–Crippen MR) is 196 cm³/mol. The molecule has 7 aliphatic rings. The highest BCUT2D eigenvalue weighted by atomic mass is 16.8. The van der Waals surface area contributed by atoms with E-state index in [1.807, 2.05) is 0 Å². The summed E-state index contributed by atoms with van der Waals surface area (Å²) in [6.45, 7) is 16.2. The van der Waals surface area contributed by atoms with Crippen molar-refractivity contribution in [3.8, 4) is 0 Å². The Kier molecular flexibility index (Phi) is 11.1. The number of rotatable bonds is 7. The minimum Gasteiger partial charge on any atom is -0.394 e. The monoisotopic (exact) mass is 786 g/mol. The van der Waals surface area contributed by atoms with E-state index >= 15 is 0 Å². The normalized spacial score (nSPS) is 56.8. The molecule has 55 heavy (non-hydrogen) atoms. The minimum atomic E-state index is -1.71. The Balaban J connectivity index is 1.10. The lowest BCUT2D eigenvalue weighted by atomic mass is 9.35. The van der Waals surface area contributed by atoms with Gasteiger partial charge in [-0.2, -0.15) is 0 Å². The van der Waals surface area contributed by atoms with Crippen LogP contribution in [0.5, 0.6) is 0 Å². The highest BCUT2D eigenvalue weighted by molar-refractivity contribution is 5.21. The Bertz CT molecular complexity index is 1390. The second-order valence-electron chi connectivity index (χ2n) is 20.8. The van der Waals surface area contributed by atoms with E-state index in [9.17, 15) is 46.0 Å². The molecule has 14 heteroatoms. The molecule has 3 heterocycles. The van der Waals surface area contributed by atoms with Crippen molar-refractivity contribution in [1.82, 2.24) is 0 Å². The van der Waals surface area contributed by atoms with E-state index < -0.39 is 91.4 Å². The highest BCUT2D eigenvalue weighted by Crippen LogP contribution is 2.76. The molecule has 0 spiro atoms. The van der Waals surface area contributed by atoms with E-state index in [1.165, 1.54) is 0 Å². The van der Waals surface area contributed by atoms with Gasteiger partial charge in [-0.1, -0.05) is 34.6 Å². The van der Waals surface area contributed by atoms with Crippen LogP contribution in [0.2, 0.25) is 0 Å². The molecule has 0 aromatic rings. The van der Waals surface area contributed by atoms with Crippen LogP contribution in [0.4, 0.5) is 0 Å². The zero-order valence-corrected chi connectivity index (χ0v) is 34.0. The first-order chi connectivity index (χ1) is 25.4. The van der Waals surface area contributed by atoms with Gasteiger partial charge >= 0.3 is 0 Å². The fourth-order valence-electron chi connectivity index (χ4n) is 14.0. The molecule has 2 unspecified atom stereocenters. The molecule has 7 fully saturated rings. The molecule has 0 aromatic carbocycles. The predicted octanol–water partition coefficient (Wildman–Crippen LogP) is 0.970. The van der Waals surface area contributed by atoms with Gasteiger partial charge in [0.1, 0.15) is 48.8 Å². The van der Waals surface area contributed by atoms with Crippen molar-refractivity contribution < 1.29 is 69.6 Å². The van der Waals surface area contributed by atoms with Gasteiger partial charge in [0, 0.05) is 6.42 Å². The topological polar surface area (TPSA) is 228 Å². The largest absolute Gasteiger partial charge is 0.394 e. The van der Waals surface area contributed by atoms with E-state index in [2.05, 4.69) is 41.5 Å². The van der Waals surface area contributed by atoms with Gasteiger partial charge in [-0.3, -0.25) is 0 Å². The Labute approximate surface area is 325 Å². The molecule has 14 nitrogen and oxygen atoms in total. The van der Waals surface area contributed by atoms with Crippen molar-refractivity contribution in [2.75, 3.05) is 13.2 Å². The molecule has 0 bridgehead atoms. The molecule has 318 valence electrons. The second-order valence-corrected chi connectivity index (χ2v) is 20.8. The van der Waals surface area contributed by atoms with Crippen molar-refractivity contribution in [3.63, 3.8) is 0 Å². The van der Waals surface area contributed by atoms with E-state index in [0.29, 0.717) is 19.3 Å². The molecule has 0 aromatic heterocycles. The van der Waals surface area contributed by atoms with Gasteiger partial charge in [0.25, 0.3) is 0 Å². The first kappa shape index (κ1) is 42.6. The van der Waals surface area contributed by atoms with Crippen LogP contribution in [0.1, 0.15) is 107 Å². The average Bonchev–Trinajstić information content (AvgIpc) is 3.65. The standard InChI is InChI=1S/C41H70O14/c1-36(2)24-10-14-39(6)25(15-20(43)27-19(9-13-40(27,39)7)41(8)16-21(44)33(55-41)37(3,4)50)38(24,5)12-11-26(36)53-35-32(28(46)22(45)18-51-35)54-34-31(49)30(48)29(47)23(17-42)52-34/h19-35,42-50H,9-18H2,1-8H3/t19-,20+,21-,22+,23+,24?,25+,26-,27?,28-,29+,30-,31+,32+,33-,34-,35-,38-,39+,40+,41-/m0/s1. The first-order valence-corrected chi connectivity index (χ1v) is 20.8. The maximum atomic E-state index is 12.3. The van der Waals surface area contributed by atoms with Crippen molar-refractivity contribution >= 4 is 0 Å². The zero-order valence-electron chi connectivity index (χ0n) is 34.0. The van der Waals surface area contributed by atoms with Crippen LogP contribution in [0.3, 0.4) is 0 Å². The molecule has 9 N–H and O–H groups in total. The van der Waals surface area contributed by atoms with Crippen LogP contribution in [-0.4, -0.2) is 150 Å². The molecule has 0 radical (unpaired) electrons. The van der Waals surface area contributed by atoms with Crippen LogP contribution < -0.4 is 0 Å². The molecule has 3 aliphatic heterocycles. The summed E-state index contributed by atoms with van der Waals surface area (Å²) >= 11 is 0. The van der Waals surface area contributed by atoms with E-state index in [1.54, 1.807) is 13.8 Å². The molecule has 4 saturated carbocycles. The van der Waals surface area contributed by atoms with Gasteiger partial charge < -0.3 is 69.6 Å². The summed E-state index contributed by atoms with van der Waals surface area (Å²) in [7, 11) is 0. The minimum absolute atomic E-state index is 0.00908. The Morgan fingerprint density at radius 3 is 2.02 bits per heavy atom. The number of aliphatic hydroxyl groups excluding tert-OH is 8. The van der Waals surface area contributed by atoms with Crippen LogP contribution in [0, 0.1) is 45.3 Å². The summed E-state index contributed by atoms with van der Waals surface area (Å²) < 4.78 is 30.8. The third-order valence-electron chi connectivity index (χ3n) is 17.0. The fourth-order valence-corrected chi connectivity index (χ4v) is 14.0. The second kappa shape index (κ2) is 14.3. The number of ether oxygens (including phenoxy) is 5. The number of hydrogen-bond acceptors (Lipinski definition) is 14. The summed E-state index contributed by atoms with van der Waals surface area (Å²) in [5, 5.41) is 96.8. The van der Waals surface area contributed by atoms with Gasteiger partial charge in [0.2, 0.25) is 0 Å². The quantitative estimate of drug-likeness (QED) is 0.164. The summed E-state index contributed by atoms with van der Waals surface area (Å²) in [6.07, 6.45) is -9.03. The first-order valence-electron chi connectivity index (χ1n) is 20.8. The van der Waals surface area contributed by atoms with Crippen molar-refractivity contribution in [2.24, 2.45) is 45.3 Å². The molecule has 3 saturated heterocycles. The van der Waals surface area contributed by atoms with Gasteiger partial charge in [-0.25, -0.2) is 0 Å². The average molecular weight is 787 g/mol. The van der Waals surface area contributed by atoms with Crippen molar-refractivity contribution in [2.45, 2.75) is 198 Å². The molecular weight excluding hydrogens is 716 g/mol. The number of aliphatic hydroxyl groups is 9. The maximum absolute atomic E-state index is 12.3. The molecule has 0 amide bonds. The zero-order chi connectivity index (χ0) is 40.4. The SMILES string of the molecule is CC(C)(O)[C@H]1O[C@](C)([C@H]2CC[C@]3(C)C2[C@H](O)C[C@@H]2[C@@]4(C)CC[C@H](O[C@@H]5OC[C@@H](O)[C@H](O)[C@H]5O[C@@H]5O[C@H](CO)[C@@H](O)[C@H](O)[C@H]5O)C(C)(C)C4CC[C@]23C)C[C@@H]1O. The molecular formula is C41H70O14. The van der Waals surface area contributed by atoms with Crippen LogP contribution in [-0.2, 0) is 23.7 Å². The third-order valence-corrected chi connectivity index (χ3v) is 17.0. The lowest BCUT2D eigenvalue weighted by Gasteiger charge is -2.70. The number of fused-ring (bicyclic) bond motifs is 5. The lowest BCUT2D eigenvalue weighted by Crippen LogP contribution is -2.67. The van der Waals surface area contributed by atoms with Gasteiger partial charge in [0.15, 0.2) is 12.6 Å². The Hall–Kier alpha value is -0.560. The van der Waals surface area contributed by atoms with Gasteiger partial charge in [-0.15, -0.1) is 0 Å². The summed E-state index contributed by atoms with van der Waals surface area (Å²) in [6, 6.07) is 0. The van der Waals surface area contributed by atoms with Gasteiger partial charge in [-0.05, 0) is 111 Å². The van der Waals surface area contributed by atoms with Crippen LogP contribution in [0.15, 0.2) is 0 Å². The van der Waals surface area contributed by atoms with Crippen LogP contribution in [0.25, 0.3) is 0 Å². The molecule has 7 rings (SSSR count). The third kappa shape index (κ3) is 6.50. The van der Waals surface area contributed by atoms with Gasteiger partial charge in [0.05, 0.1) is 42.7 Å². The lowest BCUT2D eigenvalue weighted by molar-refractivity contribution is -0.367.